The van der Waals surface area contributed by atoms with Crippen LogP contribution in [0.1, 0.15) is 25.0 Å². The van der Waals surface area contributed by atoms with Crippen LogP contribution in [0.25, 0.3) is 5.78 Å². The van der Waals surface area contributed by atoms with E-state index in [1.54, 1.807) is 11.6 Å². The normalized spacial score (nSPS) is 14.5. The molecule has 1 aliphatic heterocycles. The molecule has 148 valence electrons. The van der Waals surface area contributed by atoms with Crippen LogP contribution >= 0.6 is 0 Å². The van der Waals surface area contributed by atoms with Crippen LogP contribution in [0.15, 0.2) is 30.6 Å². The van der Waals surface area contributed by atoms with E-state index in [1.165, 1.54) is 32.3 Å². The quantitative estimate of drug-likeness (QED) is 0.600. The van der Waals surface area contributed by atoms with Crippen molar-refractivity contribution in [3.63, 3.8) is 0 Å². The molecule has 0 aliphatic carbocycles. The van der Waals surface area contributed by atoms with E-state index in [0.29, 0.717) is 12.4 Å². The number of anilines is 2. The maximum Gasteiger partial charge on any atom is 0.254 e. The van der Waals surface area contributed by atoms with Crippen molar-refractivity contribution in [2.75, 3.05) is 38.7 Å². The van der Waals surface area contributed by atoms with Gasteiger partial charge in [-0.1, -0.05) is 0 Å². The van der Waals surface area contributed by atoms with Crippen LogP contribution in [0.4, 0.5) is 11.5 Å². The number of aromatic nitrogens is 4. The first-order chi connectivity index (χ1) is 13.7. The molecule has 3 heterocycles. The Labute approximate surface area is 164 Å². The lowest BCUT2D eigenvalue weighted by atomic mass is 10.2. The number of likely N-dealkylation sites (tertiary alicyclic amines) is 1. The highest BCUT2D eigenvalue weighted by atomic mass is 16.5. The van der Waals surface area contributed by atoms with Crippen LogP contribution in [0.5, 0.6) is 11.5 Å². The molecule has 0 spiro atoms. The van der Waals surface area contributed by atoms with Gasteiger partial charge in [-0.05, 0) is 51.4 Å². The molecular formula is C20H26N6O2. The number of nitrogens with one attached hydrogen (secondary N) is 1. The maximum absolute atomic E-state index is 6.02. The summed E-state index contributed by atoms with van der Waals surface area (Å²) < 4.78 is 13.2. The Morgan fingerprint density at radius 1 is 1.14 bits per heavy atom. The Kier molecular flexibility index (Phi) is 5.57. The molecule has 4 rings (SSSR count). The molecule has 0 radical (unpaired) electrons. The molecule has 8 nitrogen and oxygen atoms in total. The molecule has 0 bridgehead atoms. The van der Waals surface area contributed by atoms with E-state index in [9.17, 15) is 0 Å². The summed E-state index contributed by atoms with van der Waals surface area (Å²) in [4.78, 5) is 11.0. The topological polar surface area (TPSA) is 76.8 Å². The molecule has 3 aromatic rings. The Bertz CT molecular complexity index is 936. The fourth-order valence-corrected chi connectivity index (χ4v) is 3.51. The molecule has 0 unspecified atom stereocenters. The summed E-state index contributed by atoms with van der Waals surface area (Å²) in [6, 6.07) is 7.74. The zero-order valence-corrected chi connectivity index (χ0v) is 16.4. The largest absolute Gasteiger partial charge is 0.493 e. The maximum atomic E-state index is 6.02. The van der Waals surface area contributed by atoms with Crippen molar-refractivity contribution < 1.29 is 9.47 Å². The second kappa shape index (κ2) is 8.43. The first-order valence-corrected chi connectivity index (χ1v) is 9.70. The van der Waals surface area contributed by atoms with Crippen molar-refractivity contribution >= 4 is 17.3 Å². The van der Waals surface area contributed by atoms with Gasteiger partial charge in [0.1, 0.15) is 12.1 Å². The van der Waals surface area contributed by atoms with Crippen LogP contribution in [0.2, 0.25) is 0 Å². The summed E-state index contributed by atoms with van der Waals surface area (Å²) in [5, 5.41) is 7.61. The van der Waals surface area contributed by atoms with Gasteiger partial charge in [-0.25, -0.2) is 4.98 Å². The van der Waals surface area contributed by atoms with Gasteiger partial charge in [0.05, 0.1) is 13.7 Å². The third-order valence-corrected chi connectivity index (χ3v) is 4.89. The zero-order valence-electron chi connectivity index (χ0n) is 16.4. The molecule has 1 aromatic carbocycles. The van der Waals surface area contributed by atoms with Crippen LogP contribution in [0, 0.1) is 6.92 Å². The van der Waals surface area contributed by atoms with E-state index in [4.69, 9.17) is 9.47 Å². The van der Waals surface area contributed by atoms with Gasteiger partial charge in [-0.15, -0.1) is 0 Å². The van der Waals surface area contributed by atoms with E-state index >= 15 is 0 Å². The summed E-state index contributed by atoms with van der Waals surface area (Å²) in [6.07, 6.45) is 5.13. The average Bonchev–Trinajstić information content (AvgIpc) is 3.37. The van der Waals surface area contributed by atoms with Crippen molar-refractivity contribution in [2.24, 2.45) is 0 Å². The summed E-state index contributed by atoms with van der Waals surface area (Å²) in [6.45, 7) is 6.11. The van der Waals surface area contributed by atoms with Gasteiger partial charge in [0.2, 0.25) is 0 Å². The molecule has 8 heteroatoms. The van der Waals surface area contributed by atoms with E-state index in [-0.39, 0.29) is 0 Å². The Hall–Kier alpha value is -2.87. The van der Waals surface area contributed by atoms with Gasteiger partial charge in [0.15, 0.2) is 11.5 Å². The van der Waals surface area contributed by atoms with E-state index in [2.05, 4.69) is 25.3 Å². The fraction of sp³-hybridized carbons (Fsp3) is 0.450. The number of benzene rings is 1. The molecule has 2 aromatic heterocycles. The molecule has 1 aliphatic rings. The standard InChI is InChI=1S/C20H26N6O2/c1-15-12-19(26-20(23-15)21-14-22-26)24-16-6-7-17(27-2)18(13-16)28-11-5-10-25-8-3-4-9-25/h6-7,12-14,24H,3-5,8-11H2,1-2H3. The Balaban J connectivity index is 1.45. The summed E-state index contributed by atoms with van der Waals surface area (Å²) in [5.74, 6) is 2.82. The number of methoxy groups -OCH3 is 1. The first-order valence-electron chi connectivity index (χ1n) is 9.70. The number of fused-ring (bicyclic) bond motifs is 1. The highest BCUT2D eigenvalue weighted by molar-refractivity contribution is 5.62. The highest BCUT2D eigenvalue weighted by Crippen LogP contribution is 2.31. The predicted molar refractivity (Wildman–Crippen MR) is 108 cm³/mol. The van der Waals surface area contributed by atoms with Gasteiger partial charge in [-0.3, -0.25) is 0 Å². The van der Waals surface area contributed by atoms with Gasteiger partial charge in [-0.2, -0.15) is 14.6 Å². The highest BCUT2D eigenvalue weighted by Gasteiger charge is 2.12. The predicted octanol–water partition coefficient (Wildman–Crippen LogP) is 3.05. The van der Waals surface area contributed by atoms with Crippen LogP contribution in [0.3, 0.4) is 0 Å². The number of rotatable bonds is 8. The molecule has 0 atom stereocenters. The monoisotopic (exact) mass is 382 g/mol. The van der Waals surface area contributed by atoms with Crippen molar-refractivity contribution in [1.82, 2.24) is 24.5 Å². The zero-order chi connectivity index (χ0) is 19.3. The van der Waals surface area contributed by atoms with Crippen LogP contribution in [-0.4, -0.2) is 57.8 Å². The summed E-state index contributed by atoms with van der Waals surface area (Å²) >= 11 is 0. The van der Waals surface area contributed by atoms with Crippen molar-refractivity contribution in [1.29, 1.82) is 0 Å². The van der Waals surface area contributed by atoms with E-state index < -0.39 is 0 Å². The molecule has 1 saturated heterocycles. The third kappa shape index (κ3) is 4.17. The minimum atomic E-state index is 0.564. The number of nitrogens with zero attached hydrogens (tertiary/aromatic N) is 5. The smallest absolute Gasteiger partial charge is 0.254 e. The second-order valence-corrected chi connectivity index (χ2v) is 7.00. The first kappa shape index (κ1) is 18.5. The molecule has 0 amide bonds. The minimum absolute atomic E-state index is 0.564. The average molecular weight is 382 g/mol. The van der Waals surface area contributed by atoms with E-state index in [1.807, 2.05) is 31.2 Å². The van der Waals surface area contributed by atoms with Crippen molar-refractivity contribution in [3.05, 3.63) is 36.3 Å². The second-order valence-electron chi connectivity index (χ2n) is 7.00. The Morgan fingerprint density at radius 3 is 2.82 bits per heavy atom. The van der Waals surface area contributed by atoms with Crippen LogP contribution < -0.4 is 14.8 Å². The van der Waals surface area contributed by atoms with E-state index in [0.717, 1.165) is 41.7 Å². The van der Waals surface area contributed by atoms with Crippen LogP contribution in [-0.2, 0) is 0 Å². The fourth-order valence-electron chi connectivity index (χ4n) is 3.51. The lowest BCUT2D eigenvalue weighted by Crippen LogP contribution is -2.21. The summed E-state index contributed by atoms with van der Waals surface area (Å²) in [5.41, 5.74) is 1.76. The third-order valence-electron chi connectivity index (χ3n) is 4.89. The SMILES string of the molecule is COc1ccc(Nc2cc(C)nc3ncnn23)cc1OCCCN1CCCC1. The van der Waals surface area contributed by atoms with Gasteiger partial charge < -0.3 is 19.7 Å². The minimum Gasteiger partial charge on any atom is -0.493 e. The molecule has 1 fully saturated rings. The number of hydrogen-bond acceptors (Lipinski definition) is 7. The molecule has 1 N–H and O–H groups in total. The lowest BCUT2D eigenvalue weighted by molar-refractivity contribution is 0.254. The lowest BCUT2D eigenvalue weighted by Gasteiger charge is -2.16. The summed E-state index contributed by atoms with van der Waals surface area (Å²) in [7, 11) is 1.66. The van der Waals surface area contributed by atoms with Gasteiger partial charge in [0, 0.05) is 30.1 Å². The van der Waals surface area contributed by atoms with Crippen molar-refractivity contribution in [3.8, 4) is 11.5 Å². The van der Waals surface area contributed by atoms with Gasteiger partial charge >= 0.3 is 0 Å². The molecule has 0 saturated carbocycles. The number of ether oxygens (including phenoxy) is 2. The molecular weight excluding hydrogens is 356 g/mol. The molecule has 28 heavy (non-hydrogen) atoms. The number of hydrogen-bond donors (Lipinski definition) is 1. The van der Waals surface area contributed by atoms with Crippen molar-refractivity contribution in [2.45, 2.75) is 26.2 Å². The Morgan fingerprint density at radius 2 is 2.00 bits per heavy atom. The van der Waals surface area contributed by atoms with Gasteiger partial charge in [0.25, 0.3) is 5.78 Å². The number of aryl methyl sites for hydroxylation is 1.